The van der Waals surface area contributed by atoms with E-state index in [4.69, 9.17) is 13.9 Å². The lowest BCUT2D eigenvalue weighted by Crippen LogP contribution is -2.36. The van der Waals surface area contributed by atoms with Crippen molar-refractivity contribution < 1.29 is 23.5 Å². The standard InChI is InChI=1S/C21H28N4O5/c1-4-24(5-2)13-15-6-7-17(16(12-15)20(27)28-3)22-19(26)18-14-30-21(23-18)25-8-10-29-11-9-25/h6-7,12,14H,4-5,8-11,13H2,1-3H3,(H,22,26). The average Bonchev–Trinajstić information content (AvgIpc) is 3.29. The summed E-state index contributed by atoms with van der Waals surface area (Å²) in [5.41, 5.74) is 1.77. The lowest BCUT2D eigenvalue weighted by Gasteiger charge is -2.24. The van der Waals surface area contributed by atoms with Crippen LogP contribution < -0.4 is 10.2 Å². The summed E-state index contributed by atoms with van der Waals surface area (Å²) < 4.78 is 15.7. The minimum absolute atomic E-state index is 0.138. The summed E-state index contributed by atoms with van der Waals surface area (Å²) >= 11 is 0. The second-order valence-corrected chi connectivity index (χ2v) is 6.90. The number of esters is 1. The van der Waals surface area contributed by atoms with Gasteiger partial charge < -0.3 is 24.1 Å². The lowest BCUT2D eigenvalue weighted by molar-refractivity contribution is 0.0601. The fourth-order valence-corrected chi connectivity index (χ4v) is 3.24. The SMILES string of the molecule is CCN(CC)Cc1ccc(NC(=O)c2coc(N3CCOCC3)n2)c(C(=O)OC)c1. The Hall–Kier alpha value is -2.91. The topological polar surface area (TPSA) is 97.1 Å². The van der Waals surface area contributed by atoms with E-state index in [1.165, 1.54) is 13.4 Å². The van der Waals surface area contributed by atoms with Crippen molar-refractivity contribution in [1.82, 2.24) is 9.88 Å². The van der Waals surface area contributed by atoms with Crippen LogP contribution in [0.1, 0.15) is 40.3 Å². The number of oxazole rings is 1. The number of aromatic nitrogens is 1. The van der Waals surface area contributed by atoms with Crippen LogP contribution in [-0.2, 0) is 16.0 Å². The van der Waals surface area contributed by atoms with Crippen molar-refractivity contribution in [3.63, 3.8) is 0 Å². The Bertz CT molecular complexity index is 872. The van der Waals surface area contributed by atoms with Gasteiger partial charge in [0.05, 0.1) is 31.6 Å². The number of morpholine rings is 1. The number of carbonyl (C=O) groups is 2. The smallest absolute Gasteiger partial charge is 0.339 e. The molecule has 0 aliphatic carbocycles. The van der Waals surface area contributed by atoms with Crippen LogP contribution in [0.5, 0.6) is 0 Å². The molecule has 1 aromatic carbocycles. The molecule has 9 heteroatoms. The number of rotatable bonds is 8. The Morgan fingerprint density at radius 1 is 1.23 bits per heavy atom. The van der Waals surface area contributed by atoms with Crippen molar-refractivity contribution in [1.29, 1.82) is 0 Å². The van der Waals surface area contributed by atoms with Gasteiger partial charge in [-0.1, -0.05) is 19.9 Å². The summed E-state index contributed by atoms with van der Waals surface area (Å²) in [4.78, 5) is 33.4. The molecule has 0 radical (unpaired) electrons. The normalized spacial score (nSPS) is 14.1. The van der Waals surface area contributed by atoms with Crippen molar-refractivity contribution in [2.24, 2.45) is 0 Å². The largest absolute Gasteiger partial charge is 0.465 e. The molecule has 0 atom stereocenters. The summed E-state index contributed by atoms with van der Waals surface area (Å²) in [5.74, 6) is -0.972. The molecule has 162 valence electrons. The van der Waals surface area contributed by atoms with Gasteiger partial charge in [-0.3, -0.25) is 9.69 Å². The van der Waals surface area contributed by atoms with Gasteiger partial charge in [0, 0.05) is 19.6 Å². The van der Waals surface area contributed by atoms with E-state index >= 15 is 0 Å². The van der Waals surface area contributed by atoms with E-state index in [9.17, 15) is 9.59 Å². The molecule has 1 aliphatic heterocycles. The van der Waals surface area contributed by atoms with Crippen molar-refractivity contribution in [2.45, 2.75) is 20.4 Å². The number of ether oxygens (including phenoxy) is 2. The number of benzene rings is 1. The van der Waals surface area contributed by atoms with E-state index in [-0.39, 0.29) is 5.69 Å². The first-order chi connectivity index (χ1) is 14.5. The third-order valence-electron chi connectivity index (χ3n) is 5.04. The van der Waals surface area contributed by atoms with Gasteiger partial charge in [0.1, 0.15) is 6.26 Å². The van der Waals surface area contributed by atoms with E-state index in [1.54, 1.807) is 12.1 Å². The molecule has 9 nitrogen and oxygen atoms in total. The molecule has 2 aromatic rings. The zero-order valence-electron chi connectivity index (χ0n) is 17.6. The summed E-state index contributed by atoms with van der Waals surface area (Å²) in [6.07, 6.45) is 1.31. The molecular formula is C21H28N4O5. The Labute approximate surface area is 175 Å². The predicted molar refractivity (Wildman–Crippen MR) is 112 cm³/mol. The van der Waals surface area contributed by atoms with E-state index in [1.807, 2.05) is 11.0 Å². The van der Waals surface area contributed by atoms with Gasteiger partial charge in [-0.15, -0.1) is 0 Å². The quantitative estimate of drug-likeness (QED) is 0.655. The highest BCUT2D eigenvalue weighted by Gasteiger charge is 2.21. The van der Waals surface area contributed by atoms with E-state index in [2.05, 4.69) is 29.0 Å². The first-order valence-electron chi connectivity index (χ1n) is 10.1. The van der Waals surface area contributed by atoms with E-state index in [0.29, 0.717) is 50.1 Å². The molecule has 1 fully saturated rings. The number of amides is 1. The molecule has 1 amide bonds. The number of hydrogen-bond acceptors (Lipinski definition) is 8. The van der Waals surface area contributed by atoms with Crippen LogP contribution in [0.15, 0.2) is 28.9 Å². The Balaban J connectivity index is 1.76. The van der Waals surface area contributed by atoms with Crippen LogP contribution in [0.2, 0.25) is 0 Å². The molecule has 1 aromatic heterocycles. The Morgan fingerprint density at radius 3 is 2.63 bits per heavy atom. The second-order valence-electron chi connectivity index (χ2n) is 6.90. The van der Waals surface area contributed by atoms with E-state index in [0.717, 1.165) is 18.7 Å². The van der Waals surface area contributed by atoms with Crippen LogP contribution >= 0.6 is 0 Å². The number of methoxy groups -OCH3 is 1. The van der Waals surface area contributed by atoms with Gasteiger partial charge in [0.15, 0.2) is 5.69 Å². The maximum Gasteiger partial charge on any atom is 0.339 e. The third-order valence-corrected chi connectivity index (χ3v) is 5.04. The van der Waals surface area contributed by atoms with Crippen molar-refractivity contribution in [2.75, 3.05) is 56.7 Å². The van der Waals surface area contributed by atoms with Crippen LogP contribution in [0.25, 0.3) is 0 Å². The summed E-state index contributed by atoms with van der Waals surface area (Å²) in [6.45, 7) is 9.17. The molecule has 0 saturated carbocycles. The number of hydrogen-bond donors (Lipinski definition) is 1. The molecule has 1 saturated heterocycles. The maximum absolute atomic E-state index is 12.7. The molecule has 0 spiro atoms. The predicted octanol–water partition coefficient (Wildman–Crippen LogP) is 2.39. The monoisotopic (exact) mass is 416 g/mol. The lowest BCUT2D eigenvalue weighted by atomic mass is 10.1. The van der Waals surface area contributed by atoms with E-state index < -0.39 is 11.9 Å². The summed E-state index contributed by atoms with van der Waals surface area (Å²) in [5, 5.41) is 2.75. The van der Waals surface area contributed by atoms with Crippen LogP contribution in [0, 0.1) is 0 Å². The van der Waals surface area contributed by atoms with Crippen LogP contribution in [0.3, 0.4) is 0 Å². The molecule has 3 rings (SSSR count). The highest BCUT2D eigenvalue weighted by molar-refractivity contribution is 6.07. The molecule has 2 heterocycles. The minimum Gasteiger partial charge on any atom is -0.465 e. The van der Waals surface area contributed by atoms with Crippen molar-refractivity contribution >= 4 is 23.6 Å². The van der Waals surface area contributed by atoms with Gasteiger partial charge >= 0.3 is 5.97 Å². The second kappa shape index (κ2) is 10.2. The molecule has 0 bridgehead atoms. The van der Waals surface area contributed by atoms with Gasteiger partial charge in [-0.25, -0.2) is 4.79 Å². The zero-order valence-corrected chi connectivity index (χ0v) is 17.6. The molecular weight excluding hydrogens is 388 g/mol. The molecule has 1 aliphatic rings. The highest BCUT2D eigenvalue weighted by Crippen LogP contribution is 2.22. The number of nitrogens with zero attached hydrogens (tertiary/aromatic N) is 3. The number of carbonyl (C=O) groups excluding carboxylic acids is 2. The minimum atomic E-state index is -0.513. The van der Waals surface area contributed by atoms with Gasteiger partial charge in [-0.05, 0) is 30.8 Å². The van der Waals surface area contributed by atoms with Gasteiger partial charge in [0.25, 0.3) is 11.9 Å². The zero-order chi connectivity index (χ0) is 21.5. The molecule has 1 N–H and O–H groups in total. The summed E-state index contributed by atoms with van der Waals surface area (Å²) in [7, 11) is 1.32. The Morgan fingerprint density at radius 2 is 1.97 bits per heavy atom. The van der Waals surface area contributed by atoms with Crippen molar-refractivity contribution in [3.05, 3.63) is 41.3 Å². The number of nitrogens with one attached hydrogen (secondary N) is 1. The maximum atomic E-state index is 12.7. The van der Waals surface area contributed by atoms with Crippen LogP contribution in [0.4, 0.5) is 11.7 Å². The first-order valence-corrected chi connectivity index (χ1v) is 10.1. The van der Waals surface area contributed by atoms with Gasteiger partial charge in [-0.2, -0.15) is 4.98 Å². The van der Waals surface area contributed by atoms with Crippen molar-refractivity contribution in [3.8, 4) is 0 Å². The highest BCUT2D eigenvalue weighted by atomic mass is 16.5. The number of anilines is 2. The molecule has 30 heavy (non-hydrogen) atoms. The van der Waals surface area contributed by atoms with Crippen LogP contribution in [-0.4, -0.2) is 68.3 Å². The summed E-state index contributed by atoms with van der Waals surface area (Å²) in [6, 6.07) is 5.74. The first kappa shape index (κ1) is 21.8. The average molecular weight is 416 g/mol. The Kier molecular flexibility index (Phi) is 7.42. The van der Waals surface area contributed by atoms with Gasteiger partial charge in [0.2, 0.25) is 0 Å². The fourth-order valence-electron chi connectivity index (χ4n) is 3.24. The fraction of sp³-hybridized carbons (Fsp3) is 0.476. The molecule has 0 unspecified atom stereocenters. The third kappa shape index (κ3) is 5.17.